The molecule has 1 aromatic rings. The number of nitrogens with one attached hydrogen (secondary N) is 1. The molecule has 1 fully saturated rings. The first kappa shape index (κ1) is 11.1. The smallest absolute Gasteiger partial charge is 0.0343 e. The SMILES string of the molecule is C/C=c1/cncc/c1=C(/C)N1CCNCC1. The maximum absolute atomic E-state index is 4.17. The van der Waals surface area contributed by atoms with Crippen LogP contribution in [0.15, 0.2) is 18.5 Å². The summed E-state index contributed by atoms with van der Waals surface area (Å²) >= 11 is 0. The number of hydrogen-bond acceptors (Lipinski definition) is 3. The lowest BCUT2D eigenvalue weighted by atomic mass is 10.2. The lowest BCUT2D eigenvalue weighted by Crippen LogP contribution is -2.44. The first-order chi connectivity index (χ1) is 7.83. The Bertz CT molecular complexity index is 458. The molecule has 0 aliphatic carbocycles. The molecule has 0 spiro atoms. The highest BCUT2D eigenvalue weighted by molar-refractivity contribution is 5.41. The summed E-state index contributed by atoms with van der Waals surface area (Å²) in [6.07, 6.45) is 5.92. The van der Waals surface area contributed by atoms with Gasteiger partial charge >= 0.3 is 0 Å². The molecule has 0 bridgehead atoms. The second kappa shape index (κ2) is 5.12. The van der Waals surface area contributed by atoms with Crippen LogP contribution in [0.1, 0.15) is 13.8 Å². The van der Waals surface area contributed by atoms with Crippen molar-refractivity contribution in [2.45, 2.75) is 13.8 Å². The summed E-state index contributed by atoms with van der Waals surface area (Å²) in [5.41, 5.74) is 1.36. The quantitative estimate of drug-likeness (QED) is 0.713. The van der Waals surface area contributed by atoms with Crippen LogP contribution in [-0.4, -0.2) is 36.1 Å². The van der Waals surface area contributed by atoms with E-state index in [1.165, 1.54) is 16.1 Å². The molecule has 16 heavy (non-hydrogen) atoms. The van der Waals surface area contributed by atoms with E-state index in [0.29, 0.717) is 0 Å². The second-order valence-corrected chi connectivity index (χ2v) is 4.07. The van der Waals surface area contributed by atoms with Crippen LogP contribution in [0.3, 0.4) is 0 Å². The molecule has 1 saturated heterocycles. The Kier molecular flexibility index (Phi) is 3.57. The lowest BCUT2D eigenvalue weighted by molar-refractivity contribution is 0.336. The molecule has 2 rings (SSSR count). The number of pyridine rings is 1. The van der Waals surface area contributed by atoms with E-state index in [4.69, 9.17) is 0 Å². The van der Waals surface area contributed by atoms with Gasteiger partial charge in [-0.05, 0) is 25.1 Å². The molecule has 0 atom stereocenters. The molecule has 1 aliphatic heterocycles. The summed E-state index contributed by atoms with van der Waals surface area (Å²) in [5, 5.41) is 5.90. The monoisotopic (exact) mass is 217 g/mol. The zero-order valence-electron chi connectivity index (χ0n) is 10.0. The van der Waals surface area contributed by atoms with Crippen molar-refractivity contribution in [2.24, 2.45) is 0 Å². The lowest BCUT2D eigenvalue weighted by Gasteiger charge is -2.30. The summed E-state index contributed by atoms with van der Waals surface area (Å²) in [4.78, 5) is 6.61. The Labute approximate surface area is 96.5 Å². The summed E-state index contributed by atoms with van der Waals surface area (Å²) in [6, 6.07) is 2.10. The van der Waals surface area contributed by atoms with Crippen LogP contribution in [0.4, 0.5) is 0 Å². The van der Waals surface area contributed by atoms with E-state index in [0.717, 1.165) is 26.2 Å². The molecule has 2 heterocycles. The number of piperazine rings is 1. The number of aromatic nitrogens is 1. The van der Waals surface area contributed by atoms with Crippen LogP contribution in [0, 0.1) is 0 Å². The van der Waals surface area contributed by atoms with Gasteiger partial charge in [0, 0.05) is 49.5 Å². The molecule has 0 unspecified atom stereocenters. The van der Waals surface area contributed by atoms with Crippen LogP contribution in [0.2, 0.25) is 0 Å². The number of rotatable bonds is 1. The third-order valence-electron chi connectivity index (χ3n) is 3.14. The van der Waals surface area contributed by atoms with E-state index in [2.05, 4.69) is 41.2 Å². The van der Waals surface area contributed by atoms with Gasteiger partial charge in [-0.2, -0.15) is 0 Å². The zero-order chi connectivity index (χ0) is 11.4. The Morgan fingerprint density at radius 1 is 1.44 bits per heavy atom. The molecule has 1 N–H and O–H groups in total. The van der Waals surface area contributed by atoms with Gasteiger partial charge in [-0.15, -0.1) is 0 Å². The first-order valence-corrected chi connectivity index (χ1v) is 5.86. The predicted octanol–water partition coefficient (Wildman–Crippen LogP) is -0.0847. The van der Waals surface area contributed by atoms with Crippen molar-refractivity contribution >= 4 is 11.8 Å². The van der Waals surface area contributed by atoms with Gasteiger partial charge < -0.3 is 10.2 Å². The maximum atomic E-state index is 4.17. The maximum Gasteiger partial charge on any atom is 0.0343 e. The van der Waals surface area contributed by atoms with E-state index in [1.54, 1.807) is 0 Å². The molecule has 0 amide bonds. The third-order valence-corrected chi connectivity index (χ3v) is 3.14. The van der Waals surface area contributed by atoms with E-state index >= 15 is 0 Å². The summed E-state index contributed by atoms with van der Waals surface area (Å²) in [5.74, 6) is 0. The van der Waals surface area contributed by atoms with E-state index in [9.17, 15) is 0 Å². The van der Waals surface area contributed by atoms with Crippen molar-refractivity contribution in [3.05, 3.63) is 28.9 Å². The minimum atomic E-state index is 1.08. The number of nitrogens with zero attached hydrogens (tertiary/aromatic N) is 2. The van der Waals surface area contributed by atoms with Crippen molar-refractivity contribution in [2.75, 3.05) is 26.2 Å². The van der Waals surface area contributed by atoms with E-state index < -0.39 is 0 Å². The minimum Gasteiger partial charge on any atom is -0.372 e. The third kappa shape index (κ3) is 2.25. The van der Waals surface area contributed by atoms with Crippen molar-refractivity contribution in [3.63, 3.8) is 0 Å². The average Bonchev–Trinajstić information content (AvgIpc) is 2.39. The zero-order valence-corrected chi connectivity index (χ0v) is 10.0. The summed E-state index contributed by atoms with van der Waals surface area (Å²) in [6.45, 7) is 8.61. The van der Waals surface area contributed by atoms with Crippen molar-refractivity contribution in [1.29, 1.82) is 0 Å². The summed E-state index contributed by atoms with van der Waals surface area (Å²) in [7, 11) is 0. The molecule has 0 radical (unpaired) electrons. The molecule has 3 heteroatoms. The van der Waals surface area contributed by atoms with Gasteiger partial charge in [-0.1, -0.05) is 6.08 Å². The largest absolute Gasteiger partial charge is 0.372 e. The standard InChI is InChI=1S/C13H19N3/c1-3-12-10-15-5-4-13(12)11(2)16-8-6-14-7-9-16/h3-5,10,14H,6-9H2,1-2H3/b12-3-,13-11+. The molecule has 3 nitrogen and oxygen atoms in total. The molecule has 1 aromatic heterocycles. The second-order valence-electron chi connectivity index (χ2n) is 4.07. The van der Waals surface area contributed by atoms with Crippen molar-refractivity contribution in [3.8, 4) is 0 Å². The fourth-order valence-corrected chi connectivity index (χ4v) is 2.14. The van der Waals surface area contributed by atoms with Gasteiger partial charge in [0.2, 0.25) is 0 Å². The Morgan fingerprint density at radius 2 is 2.19 bits per heavy atom. The average molecular weight is 217 g/mol. The van der Waals surface area contributed by atoms with Crippen LogP contribution < -0.4 is 15.8 Å². The van der Waals surface area contributed by atoms with Gasteiger partial charge in [-0.3, -0.25) is 4.98 Å². The van der Waals surface area contributed by atoms with Crippen LogP contribution in [0.25, 0.3) is 11.8 Å². The topological polar surface area (TPSA) is 28.2 Å². The van der Waals surface area contributed by atoms with Crippen LogP contribution >= 0.6 is 0 Å². The molecule has 86 valence electrons. The van der Waals surface area contributed by atoms with Gasteiger partial charge in [0.1, 0.15) is 0 Å². The summed E-state index contributed by atoms with van der Waals surface area (Å²) < 4.78 is 0. The van der Waals surface area contributed by atoms with Gasteiger partial charge in [-0.25, -0.2) is 0 Å². The van der Waals surface area contributed by atoms with Gasteiger partial charge in [0.15, 0.2) is 0 Å². The van der Waals surface area contributed by atoms with Gasteiger partial charge in [0.25, 0.3) is 0 Å². The molecular weight excluding hydrogens is 198 g/mol. The first-order valence-electron chi connectivity index (χ1n) is 5.86. The van der Waals surface area contributed by atoms with Crippen molar-refractivity contribution < 1.29 is 0 Å². The fourth-order valence-electron chi connectivity index (χ4n) is 2.14. The van der Waals surface area contributed by atoms with Crippen LogP contribution in [0.5, 0.6) is 0 Å². The molecular formula is C13H19N3. The fraction of sp³-hybridized carbons (Fsp3) is 0.462. The molecule has 1 aliphatic rings. The van der Waals surface area contributed by atoms with Crippen LogP contribution in [-0.2, 0) is 0 Å². The molecule has 0 aromatic carbocycles. The highest BCUT2D eigenvalue weighted by Crippen LogP contribution is 2.02. The predicted molar refractivity (Wildman–Crippen MR) is 67.2 cm³/mol. The highest BCUT2D eigenvalue weighted by Gasteiger charge is 2.09. The minimum absolute atomic E-state index is 1.08. The van der Waals surface area contributed by atoms with E-state index in [1.807, 2.05) is 12.4 Å². The Hall–Kier alpha value is -1.35. The van der Waals surface area contributed by atoms with E-state index in [-0.39, 0.29) is 0 Å². The Morgan fingerprint density at radius 3 is 2.88 bits per heavy atom. The Balaban J connectivity index is 2.46. The highest BCUT2D eigenvalue weighted by atomic mass is 15.2. The number of hydrogen-bond donors (Lipinski definition) is 1. The van der Waals surface area contributed by atoms with Gasteiger partial charge in [0.05, 0.1) is 0 Å². The normalized spacial score (nSPS) is 19.9. The molecule has 0 saturated carbocycles. The van der Waals surface area contributed by atoms with Crippen molar-refractivity contribution in [1.82, 2.24) is 15.2 Å².